The Morgan fingerprint density at radius 1 is 1.60 bits per heavy atom. The fraction of sp³-hybridized carbons (Fsp3) is 0.692. The molecule has 2 aliphatic heterocycles. The molecule has 3 atom stereocenters. The van der Waals surface area contributed by atoms with Crippen LogP contribution < -0.4 is 0 Å². The van der Waals surface area contributed by atoms with Crippen molar-refractivity contribution in [1.29, 1.82) is 0 Å². The molecule has 0 radical (unpaired) electrons. The van der Waals surface area contributed by atoms with E-state index in [0.717, 1.165) is 0 Å². The van der Waals surface area contributed by atoms with E-state index in [1.165, 1.54) is 6.20 Å². The molecule has 0 aromatic carbocycles. The molecule has 0 unspecified atom stereocenters. The fourth-order valence-corrected chi connectivity index (χ4v) is 2.74. The Morgan fingerprint density at radius 2 is 2.35 bits per heavy atom. The molecule has 3 heterocycles. The van der Waals surface area contributed by atoms with Crippen molar-refractivity contribution >= 4 is 5.97 Å². The number of carbonyl (C=O) groups is 1. The molecule has 1 aromatic rings. The highest BCUT2D eigenvalue weighted by atomic mass is 16.8. The number of nitrogens with zero attached hydrogens (tertiary/aromatic N) is 2. The van der Waals surface area contributed by atoms with Gasteiger partial charge in [0, 0.05) is 0 Å². The number of aliphatic hydroxyl groups excluding tert-OH is 1. The highest BCUT2D eigenvalue weighted by molar-refractivity contribution is 5.87. The van der Waals surface area contributed by atoms with Crippen LogP contribution in [0.2, 0.25) is 0 Å². The summed E-state index contributed by atoms with van der Waals surface area (Å²) in [7, 11) is 0. The Morgan fingerprint density at radius 3 is 3.05 bits per heavy atom. The number of aromatic nitrogens is 2. The number of hydrogen-bond acceptors (Lipinski definition) is 6. The molecule has 0 spiro atoms. The standard InChI is InChI=1S/C13H18N2O5/c1-4-18-12(17)7-5-14-11-10-9(8(16)6-15(7)11)19-13(2,3)20-10/h5,8-10,16H,4,6H2,1-3H3/t8-,9-,10-/m1/s1. The van der Waals surface area contributed by atoms with Gasteiger partial charge in [-0.15, -0.1) is 0 Å². The molecule has 1 aromatic heterocycles. The molecule has 1 N–H and O–H groups in total. The molecule has 0 bridgehead atoms. The van der Waals surface area contributed by atoms with Crippen molar-refractivity contribution in [2.45, 2.75) is 51.4 Å². The van der Waals surface area contributed by atoms with Gasteiger partial charge in [0.1, 0.15) is 29.8 Å². The van der Waals surface area contributed by atoms with Gasteiger partial charge in [0.15, 0.2) is 5.79 Å². The molecular weight excluding hydrogens is 264 g/mol. The smallest absolute Gasteiger partial charge is 0.356 e. The Bertz CT molecular complexity index is 539. The van der Waals surface area contributed by atoms with Gasteiger partial charge < -0.3 is 23.9 Å². The highest BCUT2D eigenvalue weighted by Crippen LogP contribution is 2.42. The Hall–Kier alpha value is -1.44. The molecule has 7 heteroatoms. The van der Waals surface area contributed by atoms with Crippen LogP contribution in [0.4, 0.5) is 0 Å². The molecule has 1 saturated heterocycles. The monoisotopic (exact) mass is 282 g/mol. The van der Waals surface area contributed by atoms with E-state index in [2.05, 4.69) is 4.98 Å². The summed E-state index contributed by atoms with van der Waals surface area (Å²) < 4.78 is 18.1. The maximum atomic E-state index is 11.9. The van der Waals surface area contributed by atoms with Crippen molar-refractivity contribution < 1.29 is 24.1 Å². The molecule has 20 heavy (non-hydrogen) atoms. The van der Waals surface area contributed by atoms with Crippen molar-refractivity contribution in [3.05, 3.63) is 17.7 Å². The van der Waals surface area contributed by atoms with Crippen LogP contribution in [-0.2, 0) is 20.8 Å². The summed E-state index contributed by atoms with van der Waals surface area (Å²) in [5.74, 6) is -0.634. The van der Waals surface area contributed by atoms with Gasteiger partial charge in [0.2, 0.25) is 0 Å². The summed E-state index contributed by atoms with van der Waals surface area (Å²) in [6.45, 7) is 5.85. The molecule has 110 valence electrons. The number of hydrogen-bond donors (Lipinski definition) is 1. The van der Waals surface area contributed by atoms with Crippen LogP contribution in [0.5, 0.6) is 0 Å². The van der Waals surface area contributed by atoms with Crippen LogP contribution in [0.15, 0.2) is 6.20 Å². The molecule has 0 saturated carbocycles. The van der Waals surface area contributed by atoms with Gasteiger partial charge in [-0.2, -0.15) is 0 Å². The molecule has 7 nitrogen and oxygen atoms in total. The van der Waals surface area contributed by atoms with E-state index >= 15 is 0 Å². The first-order chi connectivity index (χ1) is 9.43. The minimum absolute atomic E-state index is 0.240. The first-order valence-electron chi connectivity index (χ1n) is 6.69. The lowest BCUT2D eigenvalue weighted by Crippen LogP contribution is -2.41. The number of carbonyl (C=O) groups excluding carboxylic acids is 1. The third kappa shape index (κ3) is 2.02. The van der Waals surface area contributed by atoms with E-state index < -0.39 is 30.1 Å². The van der Waals surface area contributed by atoms with Crippen LogP contribution in [-0.4, -0.2) is 45.2 Å². The largest absolute Gasteiger partial charge is 0.461 e. The topological polar surface area (TPSA) is 82.8 Å². The quantitative estimate of drug-likeness (QED) is 0.801. The maximum Gasteiger partial charge on any atom is 0.356 e. The van der Waals surface area contributed by atoms with Crippen LogP contribution in [0.3, 0.4) is 0 Å². The molecule has 0 aliphatic carbocycles. The lowest BCUT2D eigenvalue weighted by Gasteiger charge is -2.29. The van der Waals surface area contributed by atoms with E-state index in [0.29, 0.717) is 18.1 Å². The van der Waals surface area contributed by atoms with Gasteiger partial charge in [0.25, 0.3) is 0 Å². The van der Waals surface area contributed by atoms with E-state index in [-0.39, 0.29) is 6.54 Å². The maximum absolute atomic E-state index is 11.9. The molecule has 3 rings (SSSR count). The van der Waals surface area contributed by atoms with Crippen LogP contribution >= 0.6 is 0 Å². The number of rotatable bonds is 2. The van der Waals surface area contributed by atoms with Crippen molar-refractivity contribution in [2.24, 2.45) is 0 Å². The molecule has 1 fully saturated rings. The summed E-state index contributed by atoms with van der Waals surface area (Å²) in [6.07, 6.45) is -0.236. The van der Waals surface area contributed by atoms with Crippen LogP contribution in [0, 0.1) is 0 Å². The average Bonchev–Trinajstić information content (AvgIpc) is 2.90. The summed E-state index contributed by atoms with van der Waals surface area (Å²) in [4.78, 5) is 16.1. The average molecular weight is 282 g/mol. The van der Waals surface area contributed by atoms with Gasteiger partial charge in [0.05, 0.1) is 19.3 Å². The summed E-state index contributed by atoms with van der Waals surface area (Å²) in [5.41, 5.74) is 0.327. The second kappa shape index (κ2) is 4.54. The van der Waals surface area contributed by atoms with E-state index in [1.807, 2.05) is 0 Å². The fourth-order valence-electron chi connectivity index (χ4n) is 2.74. The molecular formula is C13H18N2O5. The van der Waals surface area contributed by atoms with Crippen LogP contribution in [0.1, 0.15) is 43.2 Å². The second-order valence-electron chi connectivity index (χ2n) is 5.42. The van der Waals surface area contributed by atoms with Gasteiger partial charge in [-0.25, -0.2) is 9.78 Å². The highest BCUT2D eigenvalue weighted by Gasteiger charge is 2.50. The number of aliphatic hydroxyl groups is 1. The Labute approximate surface area is 116 Å². The zero-order valence-electron chi connectivity index (χ0n) is 11.7. The predicted octanol–water partition coefficient (Wildman–Crippen LogP) is 0.627. The third-order valence-corrected chi connectivity index (χ3v) is 3.50. The summed E-state index contributed by atoms with van der Waals surface area (Å²) in [5, 5.41) is 10.2. The lowest BCUT2D eigenvalue weighted by molar-refractivity contribution is -0.154. The summed E-state index contributed by atoms with van der Waals surface area (Å²) >= 11 is 0. The first-order valence-corrected chi connectivity index (χ1v) is 6.69. The van der Waals surface area contributed by atoms with Crippen molar-refractivity contribution in [1.82, 2.24) is 9.55 Å². The van der Waals surface area contributed by atoms with Crippen molar-refractivity contribution in [2.75, 3.05) is 6.61 Å². The van der Waals surface area contributed by atoms with Crippen molar-refractivity contribution in [3.63, 3.8) is 0 Å². The Balaban J connectivity index is 1.97. The van der Waals surface area contributed by atoms with E-state index in [9.17, 15) is 9.90 Å². The predicted molar refractivity (Wildman–Crippen MR) is 67.0 cm³/mol. The Kier molecular flexibility index (Phi) is 3.07. The molecule has 2 aliphatic rings. The van der Waals surface area contributed by atoms with Gasteiger partial charge in [-0.05, 0) is 20.8 Å². The number of fused-ring (bicyclic) bond motifs is 3. The normalized spacial score (nSPS) is 30.7. The minimum atomic E-state index is -0.776. The number of ether oxygens (including phenoxy) is 3. The zero-order valence-corrected chi connectivity index (χ0v) is 11.7. The van der Waals surface area contributed by atoms with E-state index in [1.54, 1.807) is 25.3 Å². The zero-order chi connectivity index (χ0) is 14.5. The van der Waals surface area contributed by atoms with Gasteiger partial charge in [-0.3, -0.25) is 0 Å². The first kappa shape index (κ1) is 13.5. The third-order valence-electron chi connectivity index (χ3n) is 3.50. The summed E-state index contributed by atoms with van der Waals surface area (Å²) in [6, 6.07) is 0. The minimum Gasteiger partial charge on any atom is -0.461 e. The van der Waals surface area contributed by atoms with Crippen molar-refractivity contribution in [3.8, 4) is 0 Å². The second-order valence-corrected chi connectivity index (χ2v) is 5.42. The SMILES string of the molecule is CCOC(=O)c1cnc2n1C[C@@H](O)[C@H]1OC(C)(C)O[C@@H]21. The molecule has 0 amide bonds. The number of esters is 1. The lowest BCUT2D eigenvalue weighted by atomic mass is 10.0. The van der Waals surface area contributed by atoms with Crippen LogP contribution in [0.25, 0.3) is 0 Å². The number of imidazole rings is 1. The van der Waals surface area contributed by atoms with Gasteiger partial charge in [-0.1, -0.05) is 0 Å². The van der Waals surface area contributed by atoms with Gasteiger partial charge >= 0.3 is 5.97 Å². The van der Waals surface area contributed by atoms with E-state index in [4.69, 9.17) is 14.2 Å².